The number of amides is 1. The summed E-state index contributed by atoms with van der Waals surface area (Å²) in [6, 6.07) is 13.7. The topological polar surface area (TPSA) is 68.3 Å². The number of ether oxygens (including phenoxy) is 1. The number of rotatable bonds is 4. The van der Waals surface area contributed by atoms with E-state index in [2.05, 4.69) is 10.3 Å². The molecule has 0 aliphatic heterocycles. The van der Waals surface area contributed by atoms with Gasteiger partial charge in [0, 0.05) is 5.39 Å². The van der Waals surface area contributed by atoms with Crippen molar-refractivity contribution in [2.24, 2.45) is 0 Å². The Morgan fingerprint density at radius 2 is 1.88 bits per heavy atom. The van der Waals surface area contributed by atoms with Crippen molar-refractivity contribution in [3.05, 3.63) is 69.8 Å². The number of benzene rings is 2. The number of carbonyl (C=O) groups excluding carboxylic acids is 2. The molecule has 0 bridgehead atoms. The predicted octanol–water partition coefficient (Wildman–Crippen LogP) is 4.65. The van der Waals surface area contributed by atoms with E-state index in [9.17, 15) is 9.59 Å². The highest BCUT2D eigenvalue weighted by Gasteiger charge is 2.16. The van der Waals surface area contributed by atoms with Crippen molar-refractivity contribution in [1.29, 1.82) is 0 Å². The van der Waals surface area contributed by atoms with Crippen LogP contribution in [0.5, 0.6) is 0 Å². The second kappa shape index (κ2) is 7.72. The van der Waals surface area contributed by atoms with E-state index in [4.69, 9.17) is 27.9 Å². The van der Waals surface area contributed by atoms with Gasteiger partial charge in [-0.1, -0.05) is 47.5 Å². The molecule has 5 nitrogen and oxygen atoms in total. The highest BCUT2D eigenvalue weighted by atomic mass is 35.5. The molecule has 3 aromatic rings. The van der Waals surface area contributed by atoms with E-state index < -0.39 is 18.5 Å². The third kappa shape index (κ3) is 4.12. The van der Waals surface area contributed by atoms with Gasteiger partial charge in [-0.15, -0.1) is 0 Å². The number of hydrogen-bond acceptors (Lipinski definition) is 4. The molecule has 3 rings (SSSR count). The first-order chi connectivity index (χ1) is 12.4. The van der Waals surface area contributed by atoms with E-state index >= 15 is 0 Å². The number of pyridine rings is 1. The standard InChI is InChI=1S/C19H14Cl2N2O3/c1-11-6-7-16(14(20)8-11)23-18(24)10-26-19(25)13-9-17(21)22-15-5-3-2-4-12(13)15/h2-9H,10H2,1H3,(H,23,24). The molecule has 132 valence electrons. The van der Waals surface area contributed by atoms with Crippen molar-refractivity contribution in [2.75, 3.05) is 11.9 Å². The van der Waals surface area contributed by atoms with Gasteiger partial charge in [0.15, 0.2) is 6.61 Å². The molecule has 2 aromatic carbocycles. The van der Waals surface area contributed by atoms with Crippen LogP contribution in [0.3, 0.4) is 0 Å². The Morgan fingerprint density at radius 3 is 2.65 bits per heavy atom. The van der Waals surface area contributed by atoms with Crippen LogP contribution in [0.4, 0.5) is 5.69 Å². The summed E-state index contributed by atoms with van der Waals surface area (Å²) in [7, 11) is 0. The number of carbonyl (C=O) groups is 2. The SMILES string of the molecule is Cc1ccc(NC(=O)COC(=O)c2cc(Cl)nc3ccccc23)c(Cl)c1. The van der Waals surface area contributed by atoms with Crippen molar-refractivity contribution in [3.8, 4) is 0 Å². The lowest BCUT2D eigenvalue weighted by molar-refractivity contribution is -0.119. The van der Waals surface area contributed by atoms with Gasteiger partial charge in [0.1, 0.15) is 5.15 Å². The first-order valence-corrected chi connectivity index (χ1v) is 8.48. The molecule has 0 radical (unpaired) electrons. The van der Waals surface area contributed by atoms with Gasteiger partial charge in [-0.25, -0.2) is 9.78 Å². The maximum absolute atomic E-state index is 12.4. The molecule has 1 N–H and O–H groups in total. The molecule has 1 amide bonds. The van der Waals surface area contributed by atoms with Crippen LogP contribution < -0.4 is 5.32 Å². The van der Waals surface area contributed by atoms with Gasteiger partial charge in [-0.3, -0.25) is 4.79 Å². The van der Waals surface area contributed by atoms with Gasteiger partial charge >= 0.3 is 5.97 Å². The fourth-order valence-corrected chi connectivity index (χ4v) is 2.91. The van der Waals surface area contributed by atoms with Gasteiger partial charge in [0.05, 0.1) is 21.8 Å². The summed E-state index contributed by atoms with van der Waals surface area (Å²) in [5, 5.41) is 3.79. The fraction of sp³-hybridized carbons (Fsp3) is 0.105. The summed E-state index contributed by atoms with van der Waals surface area (Å²) < 4.78 is 5.11. The smallest absolute Gasteiger partial charge is 0.339 e. The lowest BCUT2D eigenvalue weighted by atomic mass is 10.1. The monoisotopic (exact) mass is 388 g/mol. The number of esters is 1. The Bertz CT molecular complexity index is 1010. The Balaban J connectivity index is 1.70. The molecule has 0 atom stereocenters. The molecule has 0 aliphatic carbocycles. The number of fused-ring (bicyclic) bond motifs is 1. The van der Waals surface area contributed by atoms with E-state index in [1.807, 2.05) is 13.0 Å². The van der Waals surface area contributed by atoms with Gasteiger partial charge in [-0.05, 0) is 36.8 Å². The van der Waals surface area contributed by atoms with Crippen LogP contribution in [0.15, 0.2) is 48.5 Å². The van der Waals surface area contributed by atoms with Crippen molar-refractivity contribution < 1.29 is 14.3 Å². The normalized spacial score (nSPS) is 10.6. The zero-order valence-electron chi connectivity index (χ0n) is 13.8. The Hall–Kier alpha value is -2.63. The molecule has 0 saturated heterocycles. The van der Waals surface area contributed by atoms with Crippen LogP contribution in [-0.4, -0.2) is 23.5 Å². The quantitative estimate of drug-likeness (QED) is 0.521. The third-order valence-corrected chi connectivity index (χ3v) is 4.14. The first kappa shape index (κ1) is 18.2. The molecule has 0 fully saturated rings. The molecule has 0 aliphatic rings. The maximum atomic E-state index is 12.4. The minimum absolute atomic E-state index is 0.173. The second-order valence-corrected chi connectivity index (χ2v) is 6.41. The minimum atomic E-state index is -0.657. The molecule has 0 spiro atoms. The summed E-state index contributed by atoms with van der Waals surface area (Å²) in [5.74, 6) is -1.15. The average molecular weight is 389 g/mol. The number of aromatic nitrogens is 1. The summed E-state index contributed by atoms with van der Waals surface area (Å²) in [6.45, 7) is 1.45. The van der Waals surface area contributed by atoms with Crippen LogP contribution in [0.2, 0.25) is 10.2 Å². The largest absolute Gasteiger partial charge is 0.452 e. The lowest BCUT2D eigenvalue weighted by Crippen LogP contribution is -2.21. The van der Waals surface area contributed by atoms with Crippen LogP contribution in [0, 0.1) is 6.92 Å². The van der Waals surface area contributed by atoms with E-state index in [-0.39, 0.29) is 10.7 Å². The Labute approximate surface area is 159 Å². The number of anilines is 1. The Kier molecular flexibility index (Phi) is 5.40. The lowest BCUT2D eigenvalue weighted by Gasteiger charge is -2.10. The molecule has 0 unspecified atom stereocenters. The summed E-state index contributed by atoms with van der Waals surface area (Å²) in [6.07, 6.45) is 0. The maximum Gasteiger partial charge on any atom is 0.339 e. The third-order valence-electron chi connectivity index (χ3n) is 3.64. The highest BCUT2D eigenvalue weighted by Crippen LogP contribution is 2.23. The zero-order chi connectivity index (χ0) is 18.7. The van der Waals surface area contributed by atoms with E-state index in [1.54, 1.807) is 36.4 Å². The number of para-hydroxylation sites is 1. The highest BCUT2D eigenvalue weighted by molar-refractivity contribution is 6.33. The molecular formula is C19H14Cl2N2O3. The molecule has 26 heavy (non-hydrogen) atoms. The second-order valence-electron chi connectivity index (χ2n) is 5.62. The van der Waals surface area contributed by atoms with Crippen LogP contribution >= 0.6 is 23.2 Å². The van der Waals surface area contributed by atoms with Crippen molar-refractivity contribution in [1.82, 2.24) is 4.98 Å². The fourth-order valence-electron chi connectivity index (χ4n) is 2.43. The number of hydrogen-bond donors (Lipinski definition) is 1. The van der Waals surface area contributed by atoms with E-state index in [0.29, 0.717) is 21.6 Å². The van der Waals surface area contributed by atoms with Gasteiger partial charge in [0.2, 0.25) is 0 Å². The summed E-state index contributed by atoms with van der Waals surface area (Å²) >= 11 is 12.0. The predicted molar refractivity (Wildman–Crippen MR) is 102 cm³/mol. The van der Waals surface area contributed by atoms with Crippen molar-refractivity contribution in [3.63, 3.8) is 0 Å². The minimum Gasteiger partial charge on any atom is -0.452 e. The van der Waals surface area contributed by atoms with E-state index in [0.717, 1.165) is 5.56 Å². The molecule has 1 heterocycles. The number of nitrogens with zero attached hydrogens (tertiary/aromatic N) is 1. The average Bonchev–Trinajstić information content (AvgIpc) is 2.61. The molecule has 1 aromatic heterocycles. The molecule has 7 heteroatoms. The zero-order valence-corrected chi connectivity index (χ0v) is 15.3. The first-order valence-electron chi connectivity index (χ1n) is 7.72. The molecule has 0 saturated carbocycles. The van der Waals surface area contributed by atoms with Crippen molar-refractivity contribution >= 4 is 51.7 Å². The summed E-state index contributed by atoms with van der Waals surface area (Å²) in [5.41, 5.74) is 2.25. The van der Waals surface area contributed by atoms with Crippen molar-refractivity contribution in [2.45, 2.75) is 6.92 Å². The van der Waals surface area contributed by atoms with Crippen LogP contribution in [0.25, 0.3) is 10.9 Å². The number of aryl methyl sites for hydroxylation is 1. The number of nitrogens with one attached hydrogen (secondary N) is 1. The van der Waals surface area contributed by atoms with Gasteiger partial charge < -0.3 is 10.1 Å². The van der Waals surface area contributed by atoms with Gasteiger partial charge in [0.25, 0.3) is 5.91 Å². The van der Waals surface area contributed by atoms with E-state index in [1.165, 1.54) is 6.07 Å². The van der Waals surface area contributed by atoms with Crippen LogP contribution in [-0.2, 0) is 9.53 Å². The molecular weight excluding hydrogens is 375 g/mol. The van der Waals surface area contributed by atoms with Crippen LogP contribution in [0.1, 0.15) is 15.9 Å². The van der Waals surface area contributed by atoms with Gasteiger partial charge in [-0.2, -0.15) is 0 Å². The summed E-state index contributed by atoms with van der Waals surface area (Å²) in [4.78, 5) is 28.5. The Morgan fingerprint density at radius 1 is 1.12 bits per heavy atom. The number of halogens is 2.